The van der Waals surface area contributed by atoms with Crippen molar-refractivity contribution < 1.29 is 18.7 Å². The first-order valence-corrected chi connectivity index (χ1v) is 9.20. The largest absolute Gasteiger partial charge is 0.484 e. The van der Waals surface area contributed by atoms with Crippen LogP contribution in [0.15, 0.2) is 33.5 Å². The van der Waals surface area contributed by atoms with E-state index in [-0.39, 0.29) is 12.6 Å². The molecule has 0 aliphatic heterocycles. The number of benzene rings is 1. The third kappa shape index (κ3) is 4.87. The molecule has 1 aliphatic carbocycles. The number of carbonyl (C=O) groups excluding carboxylic acids is 2. The maximum atomic E-state index is 12.0. The lowest BCUT2D eigenvalue weighted by molar-refractivity contribution is -0.122. The molecular weight excluding hydrogens is 348 g/mol. The number of urea groups is 1. The van der Waals surface area contributed by atoms with E-state index in [1.54, 1.807) is 18.2 Å². The lowest BCUT2D eigenvalue weighted by Crippen LogP contribution is -2.48. The fourth-order valence-electron chi connectivity index (χ4n) is 3.44. The van der Waals surface area contributed by atoms with Crippen molar-refractivity contribution >= 4 is 22.9 Å². The first-order chi connectivity index (χ1) is 12.9. The quantitative estimate of drug-likeness (QED) is 0.804. The molecule has 1 aromatic heterocycles. The van der Waals surface area contributed by atoms with E-state index in [9.17, 15) is 14.4 Å². The number of rotatable bonds is 4. The van der Waals surface area contributed by atoms with E-state index in [0.29, 0.717) is 17.3 Å². The molecule has 3 amide bonds. The molecule has 0 unspecified atom stereocenters. The fourth-order valence-corrected chi connectivity index (χ4v) is 3.44. The highest BCUT2D eigenvalue weighted by Gasteiger charge is 2.23. The van der Waals surface area contributed by atoms with Crippen LogP contribution in [0, 0.1) is 12.8 Å². The van der Waals surface area contributed by atoms with Gasteiger partial charge in [0.25, 0.3) is 5.91 Å². The average Bonchev–Trinajstić information content (AvgIpc) is 2.61. The molecule has 1 heterocycles. The highest BCUT2D eigenvalue weighted by atomic mass is 16.5. The van der Waals surface area contributed by atoms with Crippen molar-refractivity contribution in [3.63, 3.8) is 0 Å². The number of hydrogen-bond acceptors (Lipinski definition) is 5. The number of aryl methyl sites for hydroxylation is 1. The summed E-state index contributed by atoms with van der Waals surface area (Å²) in [5, 5.41) is 5.94. The zero-order chi connectivity index (χ0) is 19.4. The average molecular weight is 372 g/mol. The van der Waals surface area contributed by atoms with Crippen molar-refractivity contribution in [3.05, 3.63) is 40.2 Å². The Labute approximate surface area is 157 Å². The minimum Gasteiger partial charge on any atom is -0.484 e. The predicted molar refractivity (Wildman–Crippen MR) is 101 cm³/mol. The van der Waals surface area contributed by atoms with E-state index in [2.05, 4.69) is 17.6 Å². The molecule has 3 rings (SSSR count). The molecule has 0 radical (unpaired) electrons. The third-order valence-electron chi connectivity index (χ3n) is 4.97. The van der Waals surface area contributed by atoms with Crippen LogP contribution in [0.25, 0.3) is 11.0 Å². The number of amides is 3. The van der Waals surface area contributed by atoms with E-state index < -0.39 is 17.6 Å². The predicted octanol–water partition coefficient (Wildman–Crippen LogP) is 2.88. The molecular formula is C20H24N2O5. The van der Waals surface area contributed by atoms with Crippen molar-refractivity contribution in [3.8, 4) is 5.75 Å². The van der Waals surface area contributed by atoms with Gasteiger partial charge in [-0.3, -0.25) is 10.1 Å². The van der Waals surface area contributed by atoms with Gasteiger partial charge in [-0.25, -0.2) is 9.59 Å². The Balaban J connectivity index is 1.53. The molecule has 7 nitrogen and oxygen atoms in total. The summed E-state index contributed by atoms with van der Waals surface area (Å²) in [5.41, 5.74) is 0.754. The second-order valence-corrected chi connectivity index (χ2v) is 7.08. The SMILES string of the molecule is Cc1cc(=O)oc2cc(OCC(=O)NC(=O)N[C@H]3CCCC[C@H]3C)ccc12. The summed E-state index contributed by atoms with van der Waals surface area (Å²) < 4.78 is 10.6. The summed E-state index contributed by atoms with van der Waals surface area (Å²) in [5.74, 6) is 0.251. The molecule has 2 atom stereocenters. The minimum atomic E-state index is -0.540. The van der Waals surface area contributed by atoms with Gasteiger partial charge in [-0.05, 0) is 43.4 Å². The Morgan fingerprint density at radius 2 is 2.00 bits per heavy atom. The monoisotopic (exact) mass is 372 g/mol. The van der Waals surface area contributed by atoms with Crippen molar-refractivity contribution in [2.45, 2.75) is 45.6 Å². The molecule has 0 spiro atoms. The molecule has 144 valence electrons. The maximum Gasteiger partial charge on any atom is 0.336 e. The number of carbonyl (C=O) groups is 2. The summed E-state index contributed by atoms with van der Waals surface area (Å²) in [6.45, 7) is 3.61. The van der Waals surface area contributed by atoms with Gasteiger partial charge in [0.05, 0.1) is 0 Å². The van der Waals surface area contributed by atoms with Gasteiger partial charge in [0.15, 0.2) is 6.61 Å². The van der Waals surface area contributed by atoms with Crippen molar-refractivity contribution in [1.29, 1.82) is 0 Å². The van der Waals surface area contributed by atoms with E-state index in [1.807, 2.05) is 6.92 Å². The lowest BCUT2D eigenvalue weighted by atomic mass is 9.86. The standard InChI is InChI=1S/C20H24N2O5/c1-12-5-3-4-6-16(12)21-20(25)22-18(23)11-26-14-7-8-15-13(2)9-19(24)27-17(15)10-14/h7-10,12,16H,3-6,11H2,1-2H3,(H2,21,22,23,25)/t12-,16+/m1/s1. The molecule has 0 bridgehead atoms. The van der Waals surface area contributed by atoms with Crippen LogP contribution in [0.1, 0.15) is 38.2 Å². The Bertz CT molecular complexity index is 905. The lowest BCUT2D eigenvalue weighted by Gasteiger charge is -2.29. The van der Waals surface area contributed by atoms with Crippen LogP contribution in [0.3, 0.4) is 0 Å². The second-order valence-electron chi connectivity index (χ2n) is 7.08. The topological polar surface area (TPSA) is 97.6 Å². The van der Waals surface area contributed by atoms with Gasteiger partial charge in [0.2, 0.25) is 0 Å². The molecule has 2 aromatic rings. The number of hydrogen-bond donors (Lipinski definition) is 2. The van der Waals surface area contributed by atoms with E-state index >= 15 is 0 Å². The molecule has 0 saturated heterocycles. The van der Waals surface area contributed by atoms with E-state index in [1.165, 1.54) is 12.5 Å². The Morgan fingerprint density at radius 3 is 2.78 bits per heavy atom. The number of nitrogens with one attached hydrogen (secondary N) is 2. The molecule has 1 aromatic carbocycles. The second kappa shape index (κ2) is 8.24. The number of fused-ring (bicyclic) bond motifs is 1. The summed E-state index contributed by atoms with van der Waals surface area (Å²) in [6, 6.07) is 6.02. The summed E-state index contributed by atoms with van der Waals surface area (Å²) >= 11 is 0. The van der Waals surface area contributed by atoms with Crippen LogP contribution in [0.2, 0.25) is 0 Å². The zero-order valence-electron chi connectivity index (χ0n) is 15.5. The van der Waals surface area contributed by atoms with E-state index in [4.69, 9.17) is 9.15 Å². The van der Waals surface area contributed by atoms with Crippen LogP contribution in [-0.2, 0) is 4.79 Å². The Hall–Kier alpha value is -2.83. The Kier molecular flexibility index (Phi) is 5.78. The van der Waals surface area contributed by atoms with Gasteiger partial charge in [0, 0.05) is 23.6 Å². The first-order valence-electron chi connectivity index (χ1n) is 9.20. The molecule has 7 heteroatoms. The number of ether oxygens (including phenoxy) is 1. The fraction of sp³-hybridized carbons (Fsp3) is 0.450. The Morgan fingerprint density at radius 1 is 1.22 bits per heavy atom. The number of imide groups is 1. The zero-order valence-corrected chi connectivity index (χ0v) is 15.5. The van der Waals surface area contributed by atoms with Crippen molar-refractivity contribution in [2.75, 3.05) is 6.61 Å². The van der Waals surface area contributed by atoms with Crippen LogP contribution >= 0.6 is 0 Å². The smallest absolute Gasteiger partial charge is 0.336 e. The van der Waals surface area contributed by atoms with Crippen molar-refractivity contribution in [1.82, 2.24) is 10.6 Å². The van der Waals surface area contributed by atoms with Crippen LogP contribution < -0.4 is 21.0 Å². The van der Waals surface area contributed by atoms with Gasteiger partial charge < -0.3 is 14.5 Å². The summed E-state index contributed by atoms with van der Waals surface area (Å²) in [7, 11) is 0. The molecule has 1 aliphatic rings. The van der Waals surface area contributed by atoms with Crippen LogP contribution in [0.4, 0.5) is 4.79 Å². The van der Waals surface area contributed by atoms with Gasteiger partial charge >= 0.3 is 11.7 Å². The summed E-state index contributed by atoms with van der Waals surface area (Å²) in [6.07, 6.45) is 4.28. The maximum absolute atomic E-state index is 12.0. The van der Waals surface area contributed by atoms with Gasteiger partial charge in [-0.2, -0.15) is 0 Å². The summed E-state index contributed by atoms with van der Waals surface area (Å²) in [4.78, 5) is 35.4. The minimum absolute atomic E-state index is 0.0964. The highest BCUT2D eigenvalue weighted by Crippen LogP contribution is 2.24. The van der Waals surface area contributed by atoms with Gasteiger partial charge in [-0.15, -0.1) is 0 Å². The van der Waals surface area contributed by atoms with Crippen LogP contribution in [0.5, 0.6) is 5.75 Å². The van der Waals surface area contributed by atoms with Gasteiger partial charge in [-0.1, -0.05) is 19.8 Å². The molecule has 27 heavy (non-hydrogen) atoms. The highest BCUT2D eigenvalue weighted by molar-refractivity contribution is 5.95. The molecule has 1 saturated carbocycles. The molecule has 1 fully saturated rings. The van der Waals surface area contributed by atoms with Crippen LogP contribution in [-0.4, -0.2) is 24.6 Å². The van der Waals surface area contributed by atoms with Crippen molar-refractivity contribution in [2.24, 2.45) is 5.92 Å². The van der Waals surface area contributed by atoms with Gasteiger partial charge in [0.1, 0.15) is 11.3 Å². The first kappa shape index (κ1) is 18.9. The third-order valence-corrected chi connectivity index (χ3v) is 4.97. The molecule has 2 N–H and O–H groups in total. The van der Waals surface area contributed by atoms with E-state index in [0.717, 1.165) is 30.2 Å². The normalized spacial score (nSPS) is 19.5.